The number of allylic oxidation sites excluding steroid dienone is 1. The number of aryl methyl sites for hydroxylation is 1. The van der Waals surface area contributed by atoms with Crippen LogP contribution in [0, 0.1) is 6.92 Å². The summed E-state index contributed by atoms with van der Waals surface area (Å²) in [6.07, 6.45) is 6.86. The zero-order valence-corrected chi connectivity index (χ0v) is 20.7. The van der Waals surface area contributed by atoms with Crippen LogP contribution >= 0.6 is 0 Å². The fourth-order valence-corrected chi connectivity index (χ4v) is 4.53. The summed E-state index contributed by atoms with van der Waals surface area (Å²) in [5, 5.41) is 6.31. The van der Waals surface area contributed by atoms with Gasteiger partial charge in [-0.25, -0.2) is 0 Å². The summed E-state index contributed by atoms with van der Waals surface area (Å²) in [5.74, 6) is 0.576. The molecule has 3 aromatic carbocycles. The van der Waals surface area contributed by atoms with E-state index in [4.69, 9.17) is 9.15 Å². The Hall–Kier alpha value is -4.38. The summed E-state index contributed by atoms with van der Waals surface area (Å²) in [7, 11) is 0. The summed E-state index contributed by atoms with van der Waals surface area (Å²) in [5.41, 5.74) is 6.50. The van der Waals surface area contributed by atoms with Gasteiger partial charge in [0, 0.05) is 47.1 Å². The van der Waals surface area contributed by atoms with E-state index in [9.17, 15) is 4.79 Å². The molecule has 2 aromatic heterocycles. The van der Waals surface area contributed by atoms with Crippen LogP contribution in [-0.2, 0) is 11.3 Å². The van der Waals surface area contributed by atoms with Crippen LogP contribution in [0.15, 0.2) is 89.8 Å². The van der Waals surface area contributed by atoms with Crippen LogP contribution in [-0.4, -0.2) is 17.5 Å². The molecule has 0 saturated carbocycles. The van der Waals surface area contributed by atoms with Crippen molar-refractivity contribution < 1.29 is 13.9 Å². The number of carbonyl (C=O) groups excluding carboxylic acids is 1. The van der Waals surface area contributed by atoms with E-state index in [0.29, 0.717) is 13.2 Å². The number of pyridine rings is 1. The fraction of sp³-hybridized carbons (Fsp3) is 0.161. The van der Waals surface area contributed by atoms with Crippen LogP contribution < -0.4 is 10.1 Å². The van der Waals surface area contributed by atoms with E-state index < -0.39 is 0 Å². The standard InChI is InChI=1S/C31H28N2O3/c1-4-35-30-21(3)31-27(28(19-36-31)25-10-9-23-7-5-6-8-24(23)16-25)17-26(30)20(2)15-29(34)33-18-22-11-13-32-14-12-22/h5-17,19H,4,18H2,1-3H3,(H,33,34)/b20-15+. The Balaban J connectivity index is 1.54. The Labute approximate surface area is 210 Å². The summed E-state index contributed by atoms with van der Waals surface area (Å²) in [6.45, 7) is 6.84. The number of carbonyl (C=O) groups is 1. The first-order valence-corrected chi connectivity index (χ1v) is 12.1. The van der Waals surface area contributed by atoms with Crippen LogP contribution in [0.25, 0.3) is 38.4 Å². The normalized spacial score (nSPS) is 11.7. The van der Waals surface area contributed by atoms with Crippen molar-refractivity contribution in [1.82, 2.24) is 10.3 Å². The number of hydrogen-bond donors (Lipinski definition) is 1. The highest BCUT2D eigenvalue weighted by atomic mass is 16.5. The largest absolute Gasteiger partial charge is 0.493 e. The molecule has 0 aliphatic rings. The minimum absolute atomic E-state index is 0.161. The van der Waals surface area contributed by atoms with Crippen molar-refractivity contribution in [3.8, 4) is 16.9 Å². The third-order valence-electron chi connectivity index (χ3n) is 6.38. The van der Waals surface area contributed by atoms with E-state index in [-0.39, 0.29) is 5.91 Å². The molecule has 1 amide bonds. The topological polar surface area (TPSA) is 64.4 Å². The number of ether oxygens (including phenoxy) is 1. The first-order valence-electron chi connectivity index (χ1n) is 12.1. The first kappa shape index (κ1) is 23.4. The number of amides is 1. The van der Waals surface area contributed by atoms with Crippen LogP contribution in [0.1, 0.15) is 30.5 Å². The molecule has 0 fully saturated rings. The number of furan rings is 1. The summed E-state index contributed by atoms with van der Waals surface area (Å²) in [4.78, 5) is 16.7. The minimum Gasteiger partial charge on any atom is -0.493 e. The second-order valence-electron chi connectivity index (χ2n) is 8.80. The van der Waals surface area contributed by atoms with E-state index in [1.54, 1.807) is 18.5 Å². The Morgan fingerprint density at radius 3 is 2.61 bits per heavy atom. The average Bonchev–Trinajstić information content (AvgIpc) is 3.33. The van der Waals surface area contributed by atoms with Gasteiger partial charge in [-0.15, -0.1) is 0 Å². The van der Waals surface area contributed by atoms with E-state index in [1.165, 1.54) is 10.8 Å². The highest BCUT2D eigenvalue weighted by Gasteiger charge is 2.19. The van der Waals surface area contributed by atoms with Crippen LogP contribution in [0.2, 0.25) is 0 Å². The van der Waals surface area contributed by atoms with Gasteiger partial charge >= 0.3 is 0 Å². The molecule has 0 aliphatic heterocycles. The number of fused-ring (bicyclic) bond motifs is 2. The molecule has 0 atom stereocenters. The lowest BCUT2D eigenvalue weighted by atomic mass is 9.95. The predicted octanol–water partition coefficient (Wildman–Crippen LogP) is 7.07. The molecular weight excluding hydrogens is 448 g/mol. The summed E-state index contributed by atoms with van der Waals surface area (Å²) >= 11 is 0. The van der Waals surface area contributed by atoms with Gasteiger partial charge in [0.2, 0.25) is 5.91 Å². The van der Waals surface area contributed by atoms with E-state index in [2.05, 4.69) is 46.7 Å². The van der Waals surface area contributed by atoms with Crippen LogP contribution in [0.5, 0.6) is 5.75 Å². The van der Waals surface area contributed by atoms with Crippen molar-refractivity contribution in [2.24, 2.45) is 0 Å². The van der Waals surface area contributed by atoms with Gasteiger partial charge < -0.3 is 14.5 Å². The van der Waals surface area contributed by atoms with E-state index in [0.717, 1.165) is 50.1 Å². The van der Waals surface area contributed by atoms with Crippen molar-refractivity contribution in [1.29, 1.82) is 0 Å². The molecule has 0 unspecified atom stereocenters. The van der Waals surface area contributed by atoms with E-state index in [1.807, 2.05) is 51.3 Å². The lowest BCUT2D eigenvalue weighted by molar-refractivity contribution is -0.116. The molecule has 1 N–H and O–H groups in total. The number of hydrogen-bond acceptors (Lipinski definition) is 4. The monoisotopic (exact) mass is 476 g/mol. The molecule has 0 bridgehead atoms. The maximum atomic E-state index is 12.7. The number of nitrogens with zero attached hydrogens (tertiary/aromatic N) is 1. The van der Waals surface area contributed by atoms with Crippen molar-refractivity contribution in [3.63, 3.8) is 0 Å². The zero-order valence-electron chi connectivity index (χ0n) is 20.7. The van der Waals surface area contributed by atoms with Gasteiger partial charge in [0.25, 0.3) is 0 Å². The first-order chi connectivity index (χ1) is 17.5. The Morgan fingerprint density at radius 1 is 1.06 bits per heavy atom. The molecule has 5 nitrogen and oxygen atoms in total. The number of aromatic nitrogens is 1. The predicted molar refractivity (Wildman–Crippen MR) is 145 cm³/mol. The molecular formula is C31H28N2O3. The molecule has 5 heteroatoms. The van der Waals surface area contributed by atoms with Crippen molar-refractivity contribution in [3.05, 3.63) is 102 Å². The van der Waals surface area contributed by atoms with Crippen LogP contribution in [0.3, 0.4) is 0 Å². The highest BCUT2D eigenvalue weighted by molar-refractivity contribution is 6.02. The molecule has 0 spiro atoms. The molecule has 5 aromatic rings. The van der Waals surface area contributed by atoms with Gasteiger partial charge in [0.15, 0.2) is 0 Å². The van der Waals surface area contributed by atoms with Gasteiger partial charge in [-0.05, 0) is 72.5 Å². The maximum absolute atomic E-state index is 12.7. The van der Waals surface area contributed by atoms with Gasteiger partial charge in [0.1, 0.15) is 11.3 Å². The van der Waals surface area contributed by atoms with Gasteiger partial charge in [-0.3, -0.25) is 9.78 Å². The molecule has 0 radical (unpaired) electrons. The Bertz CT molecular complexity index is 1580. The molecule has 36 heavy (non-hydrogen) atoms. The quantitative estimate of drug-likeness (QED) is 0.255. The Morgan fingerprint density at radius 2 is 1.83 bits per heavy atom. The molecule has 0 saturated heterocycles. The average molecular weight is 477 g/mol. The van der Waals surface area contributed by atoms with E-state index >= 15 is 0 Å². The second-order valence-corrected chi connectivity index (χ2v) is 8.80. The molecule has 5 rings (SSSR count). The van der Waals surface area contributed by atoms with Crippen molar-refractivity contribution >= 4 is 33.2 Å². The molecule has 180 valence electrons. The lowest BCUT2D eigenvalue weighted by Gasteiger charge is -2.15. The number of benzene rings is 3. The van der Waals surface area contributed by atoms with Gasteiger partial charge in [0.05, 0.1) is 12.9 Å². The minimum atomic E-state index is -0.161. The van der Waals surface area contributed by atoms with Crippen molar-refractivity contribution in [2.75, 3.05) is 6.61 Å². The lowest BCUT2D eigenvalue weighted by Crippen LogP contribution is -2.20. The number of rotatable bonds is 7. The van der Waals surface area contributed by atoms with Gasteiger partial charge in [-0.2, -0.15) is 0 Å². The molecule has 2 heterocycles. The Kier molecular flexibility index (Phi) is 6.54. The second kappa shape index (κ2) is 10.1. The van der Waals surface area contributed by atoms with Gasteiger partial charge in [-0.1, -0.05) is 36.4 Å². The summed E-state index contributed by atoms with van der Waals surface area (Å²) in [6, 6.07) is 20.6. The SMILES string of the molecule is CCOc1c(/C(C)=C/C(=O)NCc2ccncc2)cc2c(-c3ccc4ccccc4c3)coc2c1C. The third kappa shape index (κ3) is 4.60. The summed E-state index contributed by atoms with van der Waals surface area (Å²) < 4.78 is 12.1. The highest BCUT2D eigenvalue weighted by Crippen LogP contribution is 2.41. The van der Waals surface area contributed by atoms with Crippen LogP contribution in [0.4, 0.5) is 0 Å². The third-order valence-corrected chi connectivity index (χ3v) is 6.38. The smallest absolute Gasteiger partial charge is 0.244 e. The molecule has 0 aliphatic carbocycles. The maximum Gasteiger partial charge on any atom is 0.244 e. The fourth-order valence-electron chi connectivity index (χ4n) is 4.53. The number of nitrogens with one attached hydrogen (secondary N) is 1. The van der Waals surface area contributed by atoms with Crippen molar-refractivity contribution in [2.45, 2.75) is 27.3 Å². The zero-order chi connectivity index (χ0) is 25.1.